The summed E-state index contributed by atoms with van der Waals surface area (Å²) in [5.74, 6) is -0.333. The Morgan fingerprint density at radius 1 is 1.05 bits per heavy atom. The maximum absolute atomic E-state index is 12.1. The third-order valence-corrected chi connectivity index (χ3v) is 3.04. The predicted molar refractivity (Wildman–Crippen MR) is 73.3 cm³/mol. The first-order valence-electron chi connectivity index (χ1n) is 6.24. The second-order valence-corrected chi connectivity index (χ2v) is 4.66. The van der Waals surface area contributed by atoms with E-state index in [0.717, 1.165) is 16.7 Å². The standard InChI is InChI=1S/C16H13F3O2/c1-10-3-4-13(11(2)20)9-15(10)12-5-7-14(8-6-12)21-16(17,18)19/h3-9H,1-2H3. The molecule has 21 heavy (non-hydrogen) atoms. The zero-order valence-electron chi connectivity index (χ0n) is 11.5. The van der Waals surface area contributed by atoms with Gasteiger partial charge in [0.2, 0.25) is 0 Å². The highest BCUT2D eigenvalue weighted by molar-refractivity contribution is 5.95. The van der Waals surface area contributed by atoms with E-state index in [4.69, 9.17) is 0 Å². The van der Waals surface area contributed by atoms with Crippen molar-refractivity contribution in [3.63, 3.8) is 0 Å². The molecule has 0 aliphatic heterocycles. The Hall–Kier alpha value is -2.30. The minimum atomic E-state index is -4.70. The summed E-state index contributed by atoms with van der Waals surface area (Å²) in [5.41, 5.74) is 3.03. The molecule has 0 amide bonds. The lowest BCUT2D eigenvalue weighted by atomic mass is 9.97. The van der Waals surface area contributed by atoms with Gasteiger partial charge >= 0.3 is 6.36 Å². The van der Waals surface area contributed by atoms with Crippen LogP contribution in [0.25, 0.3) is 11.1 Å². The number of aryl methyl sites for hydroxylation is 1. The van der Waals surface area contributed by atoms with Crippen molar-refractivity contribution in [2.75, 3.05) is 0 Å². The number of hydrogen-bond donors (Lipinski definition) is 0. The van der Waals surface area contributed by atoms with E-state index >= 15 is 0 Å². The number of benzene rings is 2. The molecule has 0 saturated carbocycles. The molecule has 2 nitrogen and oxygen atoms in total. The number of rotatable bonds is 3. The predicted octanol–water partition coefficient (Wildman–Crippen LogP) is 4.76. The van der Waals surface area contributed by atoms with E-state index in [0.29, 0.717) is 5.56 Å². The number of alkyl halides is 3. The van der Waals surface area contributed by atoms with E-state index in [9.17, 15) is 18.0 Å². The molecule has 0 heterocycles. The van der Waals surface area contributed by atoms with Gasteiger partial charge in [0.05, 0.1) is 0 Å². The highest BCUT2D eigenvalue weighted by atomic mass is 19.4. The molecule has 5 heteroatoms. The number of Topliss-reactive ketones (excluding diaryl/α,β-unsaturated/α-hetero) is 1. The highest BCUT2D eigenvalue weighted by Gasteiger charge is 2.30. The van der Waals surface area contributed by atoms with Crippen LogP contribution in [-0.4, -0.2) is 12.1 Å². The van der Waals surface area contributed by atoms with E-state index in [2.05, 4.69) is 4.74 Å². The lowest BCUT2D eigenvalue weighted by Gasteiger charge is -2.11. The van der Waals surface area contributed by atoms with Crippen molar-refractivity contribution < 1.29 is 22.7 Å². The van der Waals surface area contributed by atoms with Crippen LogP contribution in [0, 0.1) is 6.92 Å². The summed E-state index contributed by atoms with van der Waals surface area (Å²) < 4.78 is 40.2. The van der Waals surface area contributed by atoms with Gasteiger partial charge in [-0.25, -0.2) is 0 Å². The Morgan fingerprint density at radius 3 is 2.19 bits per heavy atom. The minimum absolute atomic E-state index is 0.0618. The maximum atomic E-state index is 12.1. The average molecular weight is 294 g/mol. The molecular formula is C16H13F3O2. The number of carbonyl (C=O) groups excluding carboxylic acids is 1. The van der Waals surface area contributed by atoms with Crippen LogP contribution in [0.4, 0.5) is 13.2 Å². The maximum Gasteiger partial charge on any atom is 0.573 e. The molecular weight excluding hydrogens is 281 g/mol. The fourth-order valence-electron chi connectivity index (χ4n) is 1.99. The normalized spacial score (nSPS) is 11.3. The molecule has 0 unspecified atom stereocenters. The highest BCUT2D eigenvalue weighted by Crippen LogP contribution is 2.29. The van der Waals surface area contributed by atoms with Gasteiger partial charge in [0, 0.05) is 5.56 Å². The molecule has 0 atom stereocenters. The van der Waals surface area contributed by atoms with E-state index < -0.39 is 6.36 Å². The zero-order valence-corrected chi connectivity index (χ0v) is 11.5. The summed E-state index contributed by atoms with van der Waals surface area (Å²) >= 11 is 0. The smallest absolute Gasteiger partial charge is 0.406 e. The molecule has 0 aliphatic carbocycles. The van der Waals surface area contributed by atoms with E-state index in [1.165, 1.54) is 31.2 Å². The van der Waals surface area contributed by atoms with Gasteiger partial charge in [0.15, 0.2) is 5.78 Å². The van der Waals surface area contributed by atoms with Gasteiger partial charge in [-0.15, -0.1) is 13.2 Å². The summed E-state index contributed by atoms with van der Waals surface area (Å²) in [6.07, 6.45) is -4.70. The second-order valence-electron chi connectivity index (χ2n) is 4.66. The third kappa shape index (κ3) is 3.84. The van der Waals surface area contributed by atoms with Crippen molar-refractivity contribution in [2.45, 2.75) is 20.2 Å². The quantitative estimate of drug-likeness (QED) is 0.763. The first-order valence-corrected chi connectivity index (χ1v) is 6.24. The molecule has 0 saturated heterocycles. The average Bonchev–Trinajstić information content (AvgIpc) is 2.38. The largest absolute Gasteiger partial charge is 0.573 e. The van der Waals surface area contributed by atoms with E-state index in [1.54, 1.807) is 12.1 Å². The number of halogens is 3. The van der Waals surface area contributed by atoms with Crippen molar-refractivity contribution in [3.05, 3.63) is 53.6 Å². The second kappa shape index (κ2) is 5.60. The summed E-state index contributed by atoms with van der Waals surface area (Å²) in [5, 5.41) is 0. The number of hydrogen-bond acceptors (Lipinski definition) is 2. The van der Waals surface area contributed by atoms with Crippen molar-refractivity contribution in [1.82, 2.24) is 0 Å². The first-order chi connectivity index (χ1) is 9.76. The molecule has 0 spiro atoms. The van der Waals surface area contributed by atoms with Gasteiger partial charge in [0.25, 0.3) is 0 Å². The van der Waals surface area contributed by atoms with Crippen molar-refractivity contribution >= 4 is 5.78 Å². The topological polar surface area (TPSA) is 26.3 Å². The summed E-state index contributed by atoms with van der Waals surface area (Å²) in [4.78, 5) is 11.4. The van der Waals surface area contributed by atoms with Crippen LogP contribution in [0.1, 0.15) is 22.8 Å². The molecule has 2 aromatic rings. The van der Waals surface area contributed by atoms with Gasteiger partial charge in [-0.05, 0) is 48.7 Å². The number of ketones is 1. The zero-order chi connectivity index (χ0) is 15.6. The van der Waals surface area contributed by atoms with Gasteiger partial charge in [0.1, 0.15) is 5.75 Å². The van der Waals surface area contributed by atoms with E-state index in [1.807, 2.05) is 13.0 Å². The van der Waals surface area contributed by atoms with Gasteiger partial charge in [-0.1, -0.05) is 24.3 Å². The fourth-order valence-corrected chi connectivity index (χ4v) is 1.99. The Bertz CT molecular complexity index is 658. The van der Waals surface area contributed by atoms with E-state index in [-0.39, 0.29) is 11.5 Å². The van der Waals surface area contributed by atoms with Crippen molar-refractivity contribution in [3.8, 4) is 16.9 Å². The molecule has 2 aromatic carbocycles. The van der Waals surface area contributed by atoms with Crippen LogP contribution >= 0.6 is 0 Å². The Morgan fingerprint density at radius 2 is 1.67 bits per heavy atom. The Labute approximate surface area is 120 Å². The number of ether oxygens (including phenoxy) is 1. The van der Waals surface area contributed by atoms with Gasteiger partial charge in [-0.3, -0.25) is 4.79 Å². The monoisotopic (exact) mass is 294 g/mol. The molecule has 0 radical (unpaired) electrons. The molecule has 0 aromatic heterocycles. The fraction of sp³-hybridized carbons (Fsp3) is 0.188. The molecule has 0 aliphatic rings. The van der Waals surface area contributed by atoms with Crippen LogP contribution in [0.15, 0.2) is 42.5 Å². The molecule has 110 valence electrons. The molecule has 0 fully saturated rings. The van der Waals surface area contributed by atoms with Crippen LogP contribution in [0.2, 0.25) is 0 Å². The SMILES string of the molecule is CC(=O)c1ccc(C)c(-c2ccc(OC(F)(F)F)cc2)c1. The van der Waals surface area contributed by atoms with Crippen LogP contribution in [0.5, 0.6) is 5.75 Å². The first kappa shape index (κ1) is 15.1. The van der Waals surface area contributed by atoms with Gasteiger partial charge in [-0.2, -0.15) is 0 Å². The summed E-state index contributed by atoms with van der Waals surface area (Å²) in [6.45, 7) is 3.34. The Kier molecular flexibility index (Phi) is 4.02. The molecule has 0 N–H and O–H groups in total. The lowest BCUT2D eigenvalue weighted by molar-refractivity contribution is -0.274. The summed E-state index contributed by atoms with van der Waals surface area (Å²) in [7, 11) is 0. The van der Waals surface area contributed by atoms with Crippen molar-refractivity contribution in [1.29, 1.82) is 0 Å². The van der Waals surface area contributed by atoms with Crippen LogP contribution in [0.3, 0.4) is 0 Å². The van der Waals surface area contributed by atoms with Crippen LogP contribution < -0.4 is 4.74 Å². The van der Waals surface area contributed by atoms with Crippen molar-refractivity contribution in [2.24, 2.45) is 0 Å². The third-order valence-electron chi connectivity index (χ3n) is 3.04. The number of carbonyl (C=O) groups is 1. The lowest BCUT2D eigenvalue weighted by Crippen LogP contribution is -2.16. The molecule has 0 bridgehead atoms. The minimum Gasteiger partial charge on any atom is -0.406 e. The summed E-state index contributed by atoms with van der Waals surface area (Å²) in [6, 6.07) is 10.8. The molecule has 2 rings (SSSR count). The van der Waals surface area contributed by atoms with Gasteiger partial charge < -0.3 is 4.74 Å². The van der Waals surface area contributed by atoms with Crippen LogP contribution in [-0.2, 0) is 0 Å². The Balaban J connectivity index is 2.34.